The standard InChI is InChI=1S/C24H25N2Si.C13H24O2.Ir/c1-15-11-16(2)13-18(12-15)22-21-14-26-23-20(19(21)9-10-25-22)8-7-17(3)24(23)27(4,5)6;1-5-10(6-2)12(14)9-13(15)11(7-3)8-4;/h7-12,14H,1-6H3;9-11,14H,5-8H2,1-4H3;/q-1;;/b;12-9-;. The molecule has 4 aromatic rings. The Kier molecular flexibility index (Phi) is 13.5. The summed E-state index contributed by atoms with van der Waals surface area (Å²) in [4.78, 5) is 21.4. The Balaban J connectivity index is 0.000000348. The van der Waals surface area contributed by atoms with Crippen molar-refractivity contribution in [3.8, 4) is 11.3 Å². The van der Waals surface area contributed by atoms with Gasteiger partial charge in [-0.15, -0.1) is 34.9 Å². The summed E-state index contributed by atoms with van der Waals surface area (Å²) in [5.74, 6) is 0.547. The molecular weight excluding hydrogens is 725 g/mol. The maximum atomic E-state index is 11.7. The number of nitrogens with zero attached hydrogens (tertiary/aromatic N) is 2. The number of pyridine rings is 2. The number of ketones is 1. The fourth-order valence-electron chi connectivity index (χ4n) is 5.98. The Morgan fingerprint density at radius 2 is 1.51 bits per heavy atom. The molecule has 0 aliphatic rings. The molecular formula is C37H49IrN2O2Si-. The Labute approximate surface area is 273 Å². The Bertz CT molecular complexity index is 1560. The molecule has 0 atom stereocenters. The van der Waals surface area contributed by atoms with E-state index in [0.717, 1.165) is 53.4 Å². The van der Waals surface area contributed by atoms with Gasteiger partial charge in [-0.25, -0.2) is 0 Å². The Hall–Kier alpha value is -2.66. The van der Waals surface area contributed by atoms with Crippen LogP contribution in [0.3, 0.4) is 0 Å². The van der Waals surface area contributed by atoms with Crippen molar-refractivity contribution in [1.29, 1.82) is 0 Å². The average molecular weight is 774 g/mol. The number of allylic oxidation sites excluding steroid dienone is 2. The van der Waals surface area contributed by atoms with E-state index >= 15 is 0 Å². The molecule has 0 unspecified atom stereocenters. The van der Waals surface area contributed by atoms with E-state index < -0.39 is 8.07 Å². The molecule has 0 fully saturated rings. The minimum absolute atomic E-state index is 0. The monoisotopic (exact) mass is 774 g/mol. The van der Waals surface area contributed by atoms with E-state index in [0.29, 0.717) is 0 Å². The predicted octanol–water partition coefficient (Wildman–Crippen LogP) is 9.59. The van der Waals surface area contributed by atoms with Gasteiger partial charge in [-0.05, 0) is 65.9 Å². The molecule has 1 radical (unpaired) electrons. The minimum Gasteiger partial charge on any atom is -0.512 e. The summed E-state index contributed by atoms with van der Waals surface area (Å²) in [5, 5.41) is 14.8. The van der Waals surface area contributed by atoms with Gasteiger partial charge in [0.2, 0.25) is 0 Å². The van der Waals surface area contributed by atoms with Crippen LogP contribution in [0.5, 0.6) is 0 Å². The molecule has 0 aliphatic carbocycles. The zero-order valence-electron chi connectivity index (χ0n) is 27.7. The topological polar surface area (TPSA) is 63.1 Å². The van der Waals surface area contributed by atoms with Crippen LogP contribution in [-0.4, -0.2) is 28.9 Å². The molecule has 0 spiro atoms. The van der Waals surface area contributed by atoms with Gasteiger partial charge in [0.1, 0.15) is 0 Å². The first-order valence-electron chi connectivity index (χ1n) is 15.5. The fourth-order valence-corrected chi connectivity index (χ4v) is 8.15. The molecule has 1 N–H and O–H groups in total. The van der Waals surface area contributed by atoms with Gasteiger partial charge in [0.05, 0.1) is 19.3 Å². The van der Waals surface area contributed by atoms with Crippen LogP contribution in [0.25, 0.3) is 32.9 Å². The van der Waals surface area contributed by atoms with E-state index in [1.54, 1.807) is 0 Å². The fraction of sp³-hybridized carbons (Fsp3) is 0.432. The van der Waals surface area contributed by atoms with E-state index in [4.69, 9.17) is 9.97 Å². The summed E-state index contributed by atoms with van der Waals surface area (Å²) in [6, 6.07) is 14.4. The third kappa shape index (κ3) is 8.71. The van der Waals surface area contributed by atoms with Crippen LogP contribution in [0, 0.1) is 38.7 Å². The second-order valence-electron chi connectivity index (χ2n) is 12.5. The number of hydrogen-bond donors (Lipinski definition) is 1. The van der Waals surface area contributed by atoms with Crippen LogP contribution in [0.15, 0.2) is 54.6 Å². The van der Waals surface area contributed by atoms with Gasteiger partial charge >= 0.3 is 0 Å². The average Bonchev–Trinajstić information content (AvgIpc) is 2.92. The van der Waals surface area contributed by atoms with Crippen molar-refractivity contribution in [3.05, 3.63) is 77.3 Å². The predicted molar refractivity (Wildman–Crippen MR) is 182 cm³/mol. The largest absolute Gasteiger partial charge is 0.512 e. The molecule has 4 nitrogen and oxygen atoms in total. The number of aryl methyl sites for hydroxylation is 3. The number of aliphatic hydroxyl groups is 1. The van der Waals surface area contributed by atoms with Crippen molar-refractivity contribution >= 4 is 40.7 Å². The van der Waals surface area contributed by atoms with Crippen molar-refractivity contribution in [2.45, 2.75) is 93.8 Å². The zero-order valence-corrected chi connectivity index (χ0v) is 31.1. The van der Waals surface area contributed by atoms with Gasteiger partial charge in [0, 0.05) is 55.8 Å². The number of aromatic nitrogens is 2. The van der Waals surface area contributed by atoms with Gasteiger partial charge in [-0.2, -0.15) is 0 Å². The second kappa shape index (κ2) is 15.9. The molecule has 6 heteroatoms. The van der Waals surface area contributed by atoms with Crippen LogP contribution in [0.1, 0.15) is 70.1 Å². The number of aliphatic hydroxyl groups excluding tert-OH is 1. The SMILES string of the molecule is CCC(CC)C(=O)/C=C(\O)C(CC)CC.Cc1[c-]c(-c2nccc3c2cnc2c([Si](C)(C)C)c(C)ccc23)cc(C)c1.[Ir]. The zero-order chi connectivity index (χ0) is 31.2. The quantitative estimate of drug-likeness (QED) is 0.0606. The van der Waals surface area contributed by atoms with Crippen molar-refractivity contribution in [2.75, 3.05) is 0 Å². The van der Waals surface area contributed by atoms with Crippen molar-refractivity contribution < 1.29 is 30.0 Å². The first-order chi connectivity index (χ1) is 19.9. The van der Waals surface area contributed by atoms with Crippen LogP contribution in [0.4, 0.5) is 0 Å². The number of carbonyl (C=O) groups excluding carboxylic acids is 1. The van der Waals surface area contributed by atoms with Gasteiger partial charge in [0.15, 0.2) is 5.78 Å². The van der Waals surface area contributed by atoms with E-state index in [9.17, 15) is 9.90 Å². The van der Waals surface area contributed by atoms with Crippen LogP contribution in [0.2, 0.25) is 19.6 Å². The summed E-state index contributed by atoms with van der Waals surface area (Å²) in [6.07, 6.45) is 8.83. The van der Waals surface area contributed by atoms with Gasteiger partial charge in [-0.3, -0.25) is 9.78 Å². The van der Waals surface area contributed by atoms with E-state index in [1.165, 1.54) is 33.2 Å². The summed E-state index contributed by atoms with van der Waals surface area (Å²) in [6.45, 7) is 21.7. The maximum absolute atomic E-state index is 11.7. The molecule has 2 aromatic heterocycles. The third-order valence-corrected chi connectivity index (χ3v) is 10.4. The molecule has 0 bridgehead atoms. The molecule has 233 valence electrons. The first-order valence-corrected chi connectivity index (χ1v) is 19.0. The Morgan fingerprint density at radius 3 is 2.07 bits per heavy atom. The maximum Gasteiger partial charge on any atom is 0.162 e. The first kappa shape index (κ1) is 36.5. The number of hydrogen-bond acceptors (Lipinski definition) is 4. The normalized spacial score (nSPS) is 12.0. The van der Waals surface area contributed by atoms with Crippen LogP contribution < -0.4 is 5.19 Å². The van der Waals surface area contributed by atoms with Gasteiger partial charge in [-0.1, -0.05) is 73.3 Å². The van der Waals surface area contributed by atoms with Crippen LogP contribution in [-0.2, 0) is 24.9 Å². The summed E-state index contributed by atoms with van der Waals surface area (Å²) < 4.78 is 0. The third-order valence-electron chi connectivity index (χ3n) is 8.22. The van der Waals surface area contributed by atoms with E-state index in [2.05, 4.69) is 76.8 Å². The summed E-state index contributed by atoms with van der Waals surface area (Å²) in [5.41, 5.74) is 6.87. The number of fused-ring (bicyclic) bond motifs is 3. The van der Waals surface area contributed by atoms with Crippen molar-refractivity contribution in [1.82, 2.24) is 9.97 Å². The molecule has 2 heterocycles. The number of benzene rings is 2. The number of carbonyl (C=O) groups is 1. The molecule has 0 aliphatic heterocycles. The Morgan fingerprint density at radius 1 is 0.884 bits per heavy atom. The number of rotatable bonds is 9. The van der Waals surface area contributed by atoms with E-state index in [1.807, 2.05) is 40.1 Å². The molecule has 4 rings (SSSR count). The van der Waals surface area contributed by atoms with Crippen molar-refractivity contribution in [3.63, 3.8) is 0 Å². The molecule has 43 heavy (non-hydrogen) atoms. The van der Waals surface area contributed by atoms with Crippen LogP contribution >= 0.6 is 0 Å². The van der Waals surface area contributed by atoms with Gasteiger partial charge < -0.3 is 10.1 Å². The molecule has 0 saturated heterocycles. The molecule has 0 amide bonds. The molecule has 0 saturated carbocycles. The van der Waals surface area contributed by atoms with Crippen molar-refractivity contribution in [2.24, 2.45) is 11.8 Å². The second-order valence-corrected chi connectivity index (χ2v) is 17.5. The summed E-state index contributed by atoms with van der Waals surface area (Å²) in [7, 11) is -1.51. The smallest absolute Gasteiger partial charge is 0.162 e. The van der Waals surface area contributed by atoms with E-state index in [-0.39, 0.29) is 43.5 Å². The summed E-state index contributed by atoms with van der Waals surface area (Å²) >= 11 is 0. The molecule has 2 aromatic carbocycles. The minimum atomic E-state index is -1.51. The van der Waals surface area contributed by atoms with Gasteiger partial charge in [0.25, 0.3) is 0 Å².